The molecule has 0 amide bonds. The van der Waals surface area contributed by atoms with Gasteiger partial charge >= 0.3 is 0 Å². The van der Waals surface area contributed by atoms with Crippen LogP contribution >= 0.6 is 11.6 Å². The largest absolute Gasteiger partial charge is 0.289 e. The lowest BCUT2D eigenvalue weighted by Gasteiger charge is -2.02. The molecule has 0 atom stereocenters. The Kier molecular flexibility index (Phi) is 4.72. The third-order valence-electron chi connectivity index (χ3n) is 2.66. The van der Waals surface area contributed by atoms with Crippen LogP contribution in [0.15, 0.2) is 59.3 Å². The van der Waals surface area contributed by atoms with E-state index in [1.807, 2.05) is 0 Å². The Hall–Kier alpha value is -2.62. The standard InChI is InChI=1S/C15H9ClFN3O/c16-12-5-3-11(4-6-12)15(21)14(19-20-18)9-10-1-7-13(17)8-2-10/h1-9H. The molecular formula is C15H9ClFN3O. The first-order valence-electron chi connectivity index (χ1n) is 5.93. The molecule has 0 saturated heterocycles. The van der Waals surface area contributed by atoms with Crippen LogP contribution in [0.5, 0.6) is 0 Å². The number of hydrogen-bond donors (Lipinski definition) is 0. The van der Waals surface area contributed by atoms with Crippen LogP contribution in [0.3, 0.4) is 0 Å². The number of benzene rings is 2. The summed E-state index contributed by atoms with van der Waals surface area (Å²) in [5, 5.41) is 3.91. The maximum Gasteiger partial charge on any atom is 0.195 e. The third kappa shape index (κ3) is 3.92. The second-order valence-electron chi connectivity index (χ2n) is 4.11. The monoisotopic (exact) mass is 301 g/mol. The molecule has 104 valence electrons. The normalized spacial score (nSPS) is 10.9. The Morgan fingerprint density at radius 2 is 1.76 bits per heavy atom. The molecule has 0 aliphatic rings. The number of carbonyl (C=O) groups excluding carboxylic acids is 1. The SMILES string of the molecule is [N-]=[N+]=NC(=Cc1ccc(F)cc1)C(=O)c1ccc(Cl)cc1. The van der Waals surface area contributed by atoms with Crippen molar-refractivity contribution in [1.82, 2.24) is 0 Å². The van der Waals surface area contributed by atoms with Gasteiger partial charge < -0.3 is 0 Å². The van der Waals surface area contributed by atoms with Crippen molar-refractivity contribution in [2.24, 2.45) is 5.11 Å². The van der Waals surface area contributed by atoms with Crippen molar-refractivity contribution in [1.29, 1.82) is 0 Å². The topological polar surface area (TPSA) is 65.8 Å². The maximum absolute atomic E-state index is 12.9. The number of nitrogens with zero attached hydrogens (tertiary/aromatic N) is 3. The lowest BCUT2D eigenvalue weighted by molar-refractivity contribution is 0.103. The summed E-state index contributed by atoms with van der Waals surface area (Å²) in [6.07, 6.45) is 1.40. The summed E-state index contributed by atoms with van der Waals surface area (Å²) in [6, 6.07) is 11.7. The molecule has 0 unspecified atom stereocenters. The summed E-state index contributed by atoms with van der Waals surface area (Å²) < 4.78 is 12.9. The Balaban J connectivity index is 2.38. The van der Waals surface area contributed by atoms with Gasteiger partial charge in [-0.3, -0.25) is 4.79 Å². The van der Waals surface area contributed by atoms with Crippen LogP contribution in [0.25, 0.3) is 16.5 Å². The minimum absolute atomic E-state index is 0.0774. The summed E-state index contributed by atoms with van der Waals surface area (Å²) in [6.45, 7) is 0. The minimum Gasteiger partial charge on any atom is -0.289 e. The van der Waals surface area contributed by atoms with Gasteiger partial charge in [-0.1, -0.05) is 28.8 Å². The van der Waals surface area contributed by atoms with Crippen LogP contribution in [0, 0.1) is 5.82 Å². The van der Waals surface area contributed by atoms with Crippen molar-refractivity contribution >= 4 is 23.5 Å². The van der Waals surface area contributed by atoms with E-state index < -0.39 is 5.78 Å². The Morgan fingerprint density at radius 1 is 1.14 bits per heavy atom. The minimum atomic E-state index is -0.436. The molecular weight excluding hydrogens is 293 g/mol. The van der Waals surface area contributed by atoms with E-state index in [9.17, 15) is 9.18 Å². The number of ketones is 1. The highest BCUT2D eigenvalue weighted by molar-refractivity contribution is 6.30. The van der Waals surface area contributed by atoms with Crippen molar-refractivity contribution in [2.45, 2.75) is 0 Å². The van der Waals surface area contributed by atoms with Gasteiger partial charge in [0.15, 0.2) is 5.78 Å². The molecule has 4 nitrogen and oxygen atoms in total. The summed E-state index contributed by atoms with van der Waals surface area (Å²) in [5.74, 6) is -0.824. The number of azide groups is 1. The van der Waals surface area contributed by atoms with E-state index in [0.717, 1.165) is 0 Å². The van der Waals surface area contributed by atoms with Crippen LogP contribution < -0.4 is 0 Å². The van der Waals surface area contributed by atoms with Crippen LogP contribution in [0.4, 0.5) is 4.39 Å². The molecule has 2 aromatic carbocycles. The fourth-order valence-corrected chi connectivity index (χ4v) is 1.78. The highest BCUT2D eigenvalue weighted by atomic mass is 35.5. The zero-order valence-corrected chi connectivity index (χ0v) is 11.5. The lowest BCUT2D eigenvalue weighted by atomic mass is 10.1. The Bertz CT molecular complexity index is 733. The van der Waals surface area contributed by atoms with Gasteiger partial charge in [-0.05, 0) is 53.6 Å². The van der Waals surface area contributed by atoms with Gasteiger partial charge in [0.2, 0.25) is 0 Å². The first kappa shape index (κ1) is 14.8. The molecule has 0 aliphatic heterocycles. The molecule has 0 aromatic heterocycles. The van der Waals surface area contributed by atoms with Gasteiger partial charge in [0.1, 0.15) is 5.82 Å². The number of Topliss-reactive ketones (excluding diaryl/α,β-unsaturated/α-hetero) is 1. The molecule has 0 fully saturated rings. The van der Waals surface area contributed by atoms with Gasteiger partial charge in [-0.25, -0.2) is 4.39 Å². The molecule has 2 rings (SSSR count). The number of carbonyl (C=O) groups is 1. The molecule has 21 heavy (non-hydrogen) atoms. The predicted octanol–water partition coefficient (Wildman–Crippen LogP) is 5.01. The van der Waals surface area contributed by atoms with Crippen LogP contribution in [0.1, 0.15) is 15.9 Å². The molecule has 0 spiro atoms. The van der Waals surface area contributed by atoms with E-state index in [2.05, 4.69) is 10.0 Å². The average molecular weight is 302 g/mol. The predicted molar refractivity (Wildman–Crippen MR) is 79.3 cm³/mol. The fourth-order valence-electron chi connectivity index (χ4n) is 1.65. The molecule has 6 heteroatoms. The fraction of sp³-hybridized carbons (Fsp3) is 0. The van der Waals surface area contributed by atoms with Gasteiger partial charge in [0, 0.05) is 15.5 Å². The van der Waals surface area contributed by atoms with Crippen LogP contribution in [-0.4, -0.2) is 5.78 Å². The molecule has 0 saturated carbocycles. The first-order chi connectivity index (χ1) is 10.1. The summed E-state index contributed by atoms with van der Waals surface area (Å²) in [7, 11) is 0. The van der Waals surface area contributed by atoms with E-state index in [0.29, 0.717) is 16.1 Å². The first-order valence-corrected chi connectivity index (χ1v) is 6.30. The zero-order valence-electron chi connectivity index (χ0n) is 10.7. The van der Waals surface area contributed by atoms with Crippen molar-refractivity contribution in [3.8, 4) is 0 Å². The lowest BCUT2D eigenvalue weighted by Crippen LogP contribution is -2.01. The quantitative estimate of drug-likeness (QED) is 0.257. The Labute approximate surface area is 125 Å². The average Bonchev–Trinajstić information content (AvgIpc) is 2.49. The van der Waals surface area contributed by atoms with Gasteiger partial charge in [-0.15, -0.1) is 0 Å². The third-order valence-corrected chi connectivity index (χ3v) is 2.92. The summed E-state index contributed by atoms with van der Waals surface area (Å²) in [5.41, 5.74) is 9.41. The number of allylic oxidation sites excluding steroid dienone is 1. The van der Waals surface area contributed by atoms with Crippen LogP contribution in [0.2, 0.25) is 5.02 Å². The number of halogens is 2. The van der Waals surface area contributed by atoms with Crippen molar-refractivity contribution in [3.05, 3.63) is 86.6 Å². The highest BCUT2D eigenvalue weighted by Gasteiger charge is 2.11. The summed E-state index contributed by atoms with van der Waals surface area (Å²) >= 11 is 5.76. The van der Waals surface area contributed by atoms with E-state index in [1.165, 1.54) is 42.5 Å². The zero-order chi connectivity index (χ0) is 15.2. The summed E-state index contributed by atoms with van der Waals surface area (Å²) in [4.78, 5) is 14.9. The molecule has 0 aliphatic carbocycles. The smallest absolute Gasteiger partial charge is 0.195 e. The van der Waals surface area contributed by atoms with Crippen molar-refractivity contribution in [3.63, 3.8) is 0 Å². The van der Waals surface area contributed by atoms with Gasteiger partial charge in [0.05, 0.1) is 5.70 Å². The highest BCUT2D eigenvalue weighted by Crippen LogP contribution is 2.17. The second kappa shape index (κ2) is 6.70. The van der Waals surface area contributed by atoms with Crippen molar-refractivity contribution < 1.29 is 9.18 Å². The molecule has 0 heterocycles. The van der Waals surface area contributed by atoms with Crippen LogP contribution in [-0.2, 0) is 0 Å². The second-order valence-corrected chi connectivity index (χ2v) is 4.54. The van der Waals surface area contributed by atoms with E-state index >= 15 is 0 Å². The molecule has 2 aromatic rings. The number of hydrogen-bond acceptors (Lipinski definition) is 2. The van der Waals surface area contributed by atoms with Crippen molar-refractivity contribution in [2.75, 3.05) is 0 Å². The van der Waals surface area contributed by atoms with Gasteiger partial charge in [-0.2, -0.15) is 0 Å². The van der Waals surface area contributed by atoms with Gasteiger partial charge in [0.25, 0.3) is 0 Å². The molecule has 0 radical (unpaired) electrons. The maximum atomic E-state index is 12.9. The van der Waals surface area contributed by atoms with E-state index in [4.69, 9.17) is 17.1 Å². The molecule has 0 N–H and O–H groups in total. The molecule has 0 bridgehead atoms. The Morgan fingerprint density at radius 3 is 2.33 bits per heavy atom. The van der Waals surface area contributed by atoms with E-state index in [1.54, 1.807) is 12.1 Å². The van der Waals surface area contributed by atoms with E-state index in [-0.39, 0.29) is 11.5 Å². The number of rotatable bonds is 4.